The first-order chi connectivity index (χ1) is 16.7. The smallest absolute Gasteiger partial charge is 0.341 e. The Bertz CT molecular complexity index is 1410. The maximum absolute atomic E-state index is 13.4. The predicted octanol–water partition coefficient (Wildman–Crippen LogP) is 4.46. The Balaban J connectivity index is 1.94. The fourth-order valence-electron chi connectivity index (χ4n) is 3.77. The summed E-state index contributed by atoms with van der Waals surface area (Å²) in [6, 6.07) is 13.9. The highest BCUT2D eigenvalue weighted by Gasteiger charge is 2.37. The Hall–Kier alpha value is -4.84. The summed E-state index contributed by atoms with van der Waals surface area (Å²) in [5.41, 5.74) is 0.800. The molecule has 2 aromatic carbocycles. The minimum atomic E-state index is -4.58. The Labute approximate surface area is 197 Å². The largest absolute Gasteiger partial charge is 0.416 e. The summed E-state index contributed by atoms with van der Waals surface area (Å²) in [6.45, 7) is 1.60. The lowest BCUT2D eigenvalue weighted by Gasteiger charge is -2.34. The summed E-state index contributed by atoms with van der Waals surface area (Å²) < 4.78 is 41.6. The van der Waals surface area contributed by atoms with Crippen LogP contribution >= 0.6 is 0 Å². The number of fused-ring (bicyclic) bond motifs is 1. The maximum atomic E-state index is 13.4. The molecule has 2 heterocycles. The van der Waals surface area contributed by atoms with E-state index in [0.29, 0.717) is 16.8 Å². The minimum absolute atomic E-state index is 0.0987. The van der Waals surface area contributed by atoms with Crippen molar-refractivity contribution < 1.29 is 18.0 Å². The number of urea groups is 1. The number of benzene rings is 2. The molecule has 0 bridgehead atoms. The van der Waals surface area contributed by atoms with Gasteiger partial charge < -0.3 is 5.32 Å². The number of anilines is 3. The molecule has 1 aromatic heterocycles. The average Bonchev–Trinajstić information content (AvgIpc) is 3.25. The summed E-state index contributed by atoms with van der Waals surface area (Å²) in [7, 11) is 1.40. The highest BCUT2D eigenvalue weighted by atomic mass is 19.4. The van der Waals surface area contributed by atoms with Gasteiger partial charge >= 0.3 is 12.2 Å². The second kappa shape index (κ2) is 8.83. The van der Waals surface area contributed by atoms with Crippen LogP contribution in [0.5, 0.6) is 0 Å². The SMILES string of the molecule is CNC(=O)Nc1nc2n(n1)[C@H](c1ccc(C#N)cc1)C(C#N)=C(C)N2c1cccc(C(F)(F)F)c1. The first kappa shape index (κ1) is 23.3. The number of nitrogens with zero attached hydrogens (tertiary/aromatic N) is 6. The Kier molecular flexibility index (Phi) is 5.89. The van der Waals surface area contributed by atoms with E-state index in [0.717, 1.165) is 12.1 Å². The molecule has 0 aliphatic carbocycles. The van der Waals surface area contributed by atoms with Crippen molar-refractivity contribution in [1.29, 1.82) is 10.5 Å². The van der Waals surface area contributed by atoms with Crippen LogP contribution in [0.4, 0.5) is 35.5 Å². The van der Waals surface area contributed by atoms with Crippen LogP contribution in [0.25, 0.3) is 0 Å². The van der Waals surface area contributed by atoms with Crippen molar-refractivity contribution in [3.05, 3.63) is 76.5 Å². The van der Waals surface area contributed by atoms with Crippen LogP contribution in [0.3, 0.4) is 0 Å². The Morgan fingerprint density at radius 3 is 2.43 bits per heavy atom. The molecule has 1 aliphatic heterocycles. The van der Waals surface area contributed by atoms with Crippen molar-refractivity contribution in [2.45, 2.75) is 19.1 Å². The molecule has 0 fully saturated rings. The summed E-state index contributed by atoms with van der Waals surface area (Å²) >= 11 is 0. The third-order valence-corrected chi connectivity index (χ3v) is 5.42. The summed E-state index contributed by atoms with van der Waals surface area (Å²) in [4.78, 5) is 17.6. The molecule has 2 N–H and O–H groups in total. The van der Waals surface area contributed by atoms with Gasteiger partial charge in [0.2, 0.25) is 5.95 Å². The van der Waals surface area contributed by atoms with Gasteiger partial charge in [-0.05, 0) is 42.8 Å². The number of aromatic nitrogens is 3. The van der Waals surface area contributed by atoms with Crippen molar-refractivity contribution in [3.8, 4) is 12.1 Å². The van der Waals surface area contributed by atoms with E-state index in [1.807, 2.05) is 6.07 Å². The van der Waals surface area contributed by atoms with Crippen LogP contribution in [0.15, 0.2) is 59.8 Å². The first-order valence-corrected chi connectivity index (χ1v) is 10.2. The fourth-order valence-corrected chi connectivity index (χ4v) is 3.77. The molecule has 0 unspecified atom stereocenters. The van der Waals surface area contributed by atoms with E-state index in [2.05, 4.69) is 26.8 Å². The summed E-state index contributed by atoms with van der Waals surface area (Å²) in [5.74, 6) is -0.0106. The van der Waals surface area contributed by atoms with Gasteiger partial charge in [0.25, 0.3) is 5.95 Å². The van der Waals surface area contributed by atoms with Crippen molar-refractivity contribution in [3.63, 3.8) is 0 Å². The van der Waals surface area contributed by atoms with Gasteiger partial charge in [-0.1, -0.05) is 18.2 Å². The number of nitriles is 2. The van der Waals surface area contributed by atoms with Crippen LogP contribution < -0.4 is 15.5 Å². The molecule has 35 heavy (non-hydrogen) atoms. The van der Waals surface area contributed by atoms with Crippen molar-refractivity contribution in [2.24, 2.45) is 0 Å². The van der Waals surface area contributed by atoms with E-state index in [4.69, 9.17) is 5.26 Å². The molecular weight excluding hydrogens is 461 g/mol. The van der Waals surface area contributed by atoms with Crippen LogP contribution in [-0.2, 0) is 6.18 Å². The van der Waals surface area contributed by atoms with Gasteiger partial charge in [-0.15, -0.1) is 5.10 Å². The van der Waals surface area contributed by atoms with Gasteiger partial charge in [0.05, 0.1) is 28.8 Å². The number of halogens is 3. The van der Waals surface area contributed by atoms with E-state index in [1.165, 1.54) is 28.8 Å². The molecule has 1 aliphatic rings. The van der Waals surface area contributed by atoms with E-state index in [1.54, 1.807) is 31.2 Å². The zero-order valence-corrected chi connectivity index (χ0v) is 18.4. The molecule has 0 saturated heterocycles. The lowest BCUT2D eigenvalue weighted by molar-refractivity contribution is -0.137. The molecule has 1 atom stereocenters. The third kappa shape index (κ3) is 4.25. The Morgan fingerprint density at radius 2 is 1.83 bits per heavy atom. The van der Waals surface area contributed by atoms with Crippen molar-refractivity contribution >= 4 is 23.6 Å². The highest BCUT2D eigenvalue weighted by molar-refractivity contribution is 5.87. The molecule has 176 valence electrons. The molecule has 0 saturated carbocycles. The molecule has 0 spiro atoms. The second-order valence-corrected chi connectivity index (χ2v) is 7.51. The molecule has 2 amide bonds. The van der Waals surface area contributed by atoms with Gasteiger partial charge in [-0.3, -0.25) is 10.2 Å². The number of amides is 2. The van der Waals surface area contributed by atoms with Gasteiger partial charge in [0.1, 0.15) is 6.04 Å². The summed E-state index contributed by atoms with van der Waals surface area (Å²) in [5, 5.41) is 28.3. The van der Waals surface area contributed by atoms with Crippen molar-refractivity contribution in [1.82, 2.24) is 20.1 Å². The molecule has 0 radical (unpaired) electrons. The monoisotopic (exact) mass is 478 g/mol. The lowest BCUT2D eigenvalue weighted by atomic mass is 9.95. The average molecular weight is 478 g/mol. The van der Waals surface area contributed by atoms with Gasteiger partial charge in [0.15, 0.2) is 0 Å². The first-order valence-electron chi connectivity index (χ1n) is 10.2. The molecule has 9 nitrogen and oxygen atoms in total. The van der Waals surface area contributed by atoms with Crippen LogP contribution in [0.1, 0.15) is 29.7 Å². The number of hydrogen-bond acceptors (Lipinski definition) is 6. The number of nitrogens with one attached hydrogen (secondary N) is 2. The van der Waals surface area contributed by atoms with Crippen LogP contribution in [0.2, 0.25) is 0 Å². The predicted molar refractivity (Wildman–Crippen MR) is 119 cm³/mol. The van der Waals surface area contributed by atoms with E-state index in [9.17, 15) is 23.2 Å². The van der Waals surface area contributed by atoms with E-state index < -0.39 is 23.8 Å². The molecule has 12 heteroatoms. The van der Waals surface area contributed by atoms with Crippen LogP contribution in [-0.4, -0.2) is 27.8 Å². The molecule has 4 rings (SSSR count). The van der Waals surface area contributed by atoms with Crippen molar-refractivity contribution in [2.75, 3.05) is 17.3 Å². The summed E-state index contributed by atoms with van der Waals surface area (Å²) in [6.07, 6.45) is -4.58. The number of rotatable bonds is 3. The van der Waals surface area contributed by atoms with Crippen LogP contribution in [0, 0.1) is 22.7 Å². The topological polar surface area (TPSA) is 123 Å². The minimum Gasteiger partial charge on any atom is -0.341 e. The van der Waals surface area contributed by atoms with Gasteiger partial charge in [-0.2, -0.15) is 28.7 Å². The number of allylic oxidation sites excluding steroid dienone is 2. The zero-order chi connectivity index (χ0) is 25.3. The van der Waals surface area contributed by atoms with Gasteiger partial charge in [0, 0.05) is 18.4 Å². The number of alkyl halides is 3. The third-order valence-electron chi connectivity index (χ3n) is 5.42. The number of hydrogen-bond donors (Lipinski definition) is 2. The maximum Gasteiger partial charge on any atom is 0.416 e. The van der Waals surface area contributed by atoms with Gasteiger partial charge in [-0.25, -0.2) is 9.48 Å². The highest BCUT2D eigenvalue weighted by Crippen LogP contribution is 2.43. The lowest BCUT2D eigenvalue weighted by Crippen LogP contribution is -2.31. The number of carbonyl (C=O) groups excluding carboxylic acids is 1. The molecular formula is C23H17F3N8O. The van der Waals surface area contributed by atoms with E-state index in [-0.39, 0.29) is 23.2 Å². The van der Waals surface area contributed by atoms with E-state index >= 15 is 0 Å². The normalized spacial score (nSPS) is 15.2. The standard InChI is InChI=1S/C23H17F3N8O/c1-13-18(12-28)19(15-8-6-14(11-27)7-9-15)34-22(31-20(32-34)30-21(35)29-2)33(13)17-5-3-4-16(10-17)23(24,25)26/h3-10,19H,1-2H3,(H2,29,30,32,35)/t19-/m1/s1. The quantitative estimate of drug-likeness (QED) is 0.573. The second-order valence-electron chi connectivity index (χ2n) is 7.51. The Morgan fingerprint density at radius 1 is 1.11 bits per heavy atom. The molecule has 3 aromatic rings. The fraction of sp³-hybridized carbons (Fsp3) is 0.174. The number of carbonyl (C=O) groups is 1. The zero-order valence-electron chi connectivity index (χ0n) is 18.4.